The molecule has 0 bridgehead atoms. The van der Waals surface area contributed by atoms with Crippen LogP contribution in [0.1, 0.15) is 0 Å². The quantitative estimate of drug-likeness (QED) is 0.628. The van der Waals surface area contributed by atoms with E-state index in [1.807, 2.05) is 14.1 Å². The van der Waals surface area contributed by atoms with Gasteiger partial charge in [-0.15, -0.1) is 0 Å². The Hall–Kier alpha value is -1.64. The van der Waals surface area contributed by atoms with Crippen LogP contribution >= 0.6 is 0 Å². The van der Waals surface area contributed by atoms with Gasteiger partial charge in [0.1, 0.15) is 0 Å². The first-order valence-corrected chi connectivity index (χ1v) is 7.60. The number of rotatable bonds is 2. The molecule has 2 aromatic carbocycles. The Bertz CT molecular complexity index is 544. The monoisotopic (exact) mass is 305 g/mol. The molecule has 0 aromatic heterocycles. The van der Waals surface area contributed by atoms with Gasteiger partial charge in [-0.1, -0.05) is 0 Å². The zero-order chi connectivity index (χ0) is 12.5. The van der Waals surface area contributed by atoms with Gasteiger partial charge in [-0.3, -0.25) is 0 Å². The van der Waals surface area contributed by atoms with E-state index >= 15 is 0 Å². The van der Waals surface area contributed by atoms with E-state index in [9.17, 15) is 0 Å². The van der Waals surface area contributed by atoms with E-state index in [0.29, 0.717) is 15.0 Å². The predicted molar refractivity (Wildman–Crippen MR) is 80.3 cm³/mol. The summed E-state index contributed by atoms with van der Waals surface area (Å²) in [4.78, 5) is 0. The van der Waals surface area contributed by atoms with Crippen LogP contribution in [0.2, 0.25) is 0 Å². The zero-order valence-electron chi connectivity index (χ0n) is 10.4. The van der Waals surface area contributed by atoms with Crippen LogP contribution in [0.3, 0.4) is 0 Å². The molecule has 91 valence electrons. The molecule has 18 heavy (non-hydrogen) atoms. The van der Waals surface area contributed by atoms with E-state index in [1.54, 1.807) is 0 Å². The molecule has 0 amide bonds. The molecule has 0 aliphatic carbocycles. The molecule has 1 aliphatic heterocycles. The van der Waals surface area contributed by atoms with Crippen LogP contribution in [0.4, 0.5) is 22.7 Å². The normalized spacial score (nSPS) is 12.1. The van der Waals surface area contributed by atoms with Crippen molar-refractivity contribution in [3.63, 3.8) is 0 Å². The summed E-state index contributed by atoms with van der Waals surface area (Å²) >= 11 is 0.357. The number of hydrogen-bond donors (Lipinski definition) is 3. The molecule has 3 N–H and O–H groups in total. The van der Waals surface area contributed by atoms with Crippen LogP contribution in [-0.2, 0) is 0 Å². The van der Waals surface area contributed by atoms with Crippen LogP contribution in [0, 0.1) is 0 Å². The summed E-state index contributed by atoms with van der Waals surface area (Å²) < 4.78 is 2.80. The van der Waals surface area contributed by atoms with Gasteiger partial charge in [-0.05, 0) is 0 Å². The van der Waals surface area contributed by atoms with Crippen molar-refractivity contribution in [2.45, 2.75) is 0 Å². The first-order chi connectivity index (χ1) is 8.80. The average Bonchev–Trinajstić information content (AvgIpc) is 2.43. The Morgan fingerprint density at radius 3 is 1.78 bits per heavy atom. The van der Waals surface area contributed by atoms with Crippen LogP contribution in [0.5, 0.6) is 0 Å². The van der Waals surface area contributed by atoms with Gasteiger partial charge in [-0.25, -0.2) is 0 Å². The van der Waals surface area contributed by atoms with Gasteiger partial charge in [0.05, 0.1) is 0 Å². The zero-order valence-corrected chi connectivity index (χ0v) is 12.1. The van der Waals surface area contributed by atoms with Gasteiger partial charge < -0.3 is 0 Å². The summed E-state index contributed by atoms with van der Waals surface area (Å²) in [6.45, 7) is 0. The van der Waals surface area contributed by atoms with E-state index in [2.05, 4.69) is 52.3 Å². The maximum absolute atomic E-state index is 3.50. The Kier molecular flexibility index (Phi) is 2.90. The van der Waals surface area contributed by atoms with E-state index in [-0.39, 0.29) is 0 Å². The fourth-order valence-corrected chi connectivity index (χ4v) is 4.23. The first-order valence-electron chi connectivity index (χ1n) is 5.88. The second-order valence-corrected chi connectivity index (χ2v) is 6.42. The Labute approximate surface area is 113 Å². The maximum atomic E-state index is 3.50. The van der Waals surface area contributed by atoms with E-state index < -0.39 is 0 Å². The molecule has 2 aromatic rings. The Balaban J connectivity index is 2.01. The molecule has 0 saturated heterocycles. The number of benzene rings is 2. The van der Waals surface area contributed by atoms with E-state index in [1.165, 1.54) is 31.7 Å². The number of fused-ring (bicyclic) bond motifs is 2. The molecule has 0 atom stereocenters. The van der Waals surface area contributed by atoms with Crippen molar-refractivity contribution in [3.8, 4) is 0 Å². The van der Waals surface area contributed by atoms with E-state index in [0.717, 1.165) is 0 Å². The van der Waals surface area contributed by atoms with Crippen molar-refractivity contribution >= 4 is 46.6 Å². The molecule has 1 heterocycles. The van der Waals surface area contributed by atoms with Gasteiger partial charge in [0.25, 0.3) is 0 Å². The summed E-state index contributed by atoms with van der Waals surface area (Å²) in [6, 6.07) is 13.0. The SMILES string of the molecule is CNc1ccc2c(c1)[Se+]c1cc(NC)ccc1N2. The molecule has 0 spiro atoms. The third-order valence-electron chi connectivity index (χ3n) is 3.03. The average molecular weight is 304 g/mol. The van der Waals surface area contributed by atoms with E-state index in [4.69, 9.17) is 0 Å². The van der Waals surface area contributed by atoms with Crippen molar-refractivity contribution in [1.29, 1.82) is 0 Å². The van der Waals surface area contributed by atoms with Crippen LogP contribution < -0.4 is 24.9 Å². The summed E-state index contributed by atoms with van der Waals surface area (Å²) in [7, 11) is 3.91. The Morgan fingerprint density at radius 2 is 1.33 bits per heavy atom. The number of anilines is 4. The molecular weight excluding hydrogens is 289 g/mol. The molecule has 0 fully saturated rings. The van der Waals surface area contributed by atoms with Gasteiger partial charge in [-0.2, -0.15) is 0 Å². The second kappa shape index (κ2) is 4.56. The van der Waals surface area contributed by atoms with Gasteiger partial charge in [0.2, 0.25) is 0 Å². The molecule has 3 rings (SSSR count). The van der Waals surface area contributed by atoms with Gasteiger partial charge in [0, 0.05) is 0 Å². The second-order valence-electron chi connectivity index (χ2n) is 4.15. The minimum atomic E-state index is 0.357. The number of hydrogen-bond acceptors (Lipinski definition) is 3. The number of nitrogens with one attached hydrogen (secondary N) is 3. The summed E-state index contributed by atoms with van der Waals surface area (Å²) in [5.41, 5.74) is 4.81. The van der Waals surface area contributed by atoms with Crippen molar-refractivity contribution in [1.82, 2.24) is 0 Å². The molecule has 1 aliphatic rings. The molecule has 4 heteroatoms. The summed E-state index contributed by atoms with van der Waals surface area (Å²) in [5.74, 6) is 0. The van der Waals surface area contributed by atoms with Crippen LogP contribution in [0.15, 0.2) is 36.4 Å². The predicted octanol–water partition coefficient (Wildman–Crippen LogP) is 1.48. The van der Waals surface area contributed by atoms with Crippen molar-refractivity contribution < 1.29 is 0 Å². The van der Waals surface area contributed by atoms with Gasteiger partial charge >= 0.3 is 113 Å². The first kappa shape index (κ1) is 11.4. The minimum absolute atomic E-state index is 0.357. The fraction of sp³-hybridized carbons (Fsp3) is 0.143. The third kappa shape index (κ3) is 1.94. The summed E-state index contributed by atoms with van der Waals surface area (Å²) in [5, 5.41) is 9.89. The van der Waals surface area contributed by atoms with Crippen molar-refractivity contribution in [3.05, 3.63) is 36.4 Å². The fourth-order valence-electron chi connectivity index (χ4n) is 1.99. The molecule has 1 radical (unpaired) electrons. The standard InChI is InChI=1S/C14H15N3Se/c1-15-9-3-5-11-13(7-9)18-14-8-10(16-2)4-6-12(14)17-11/h3-8,15-17H,1-2H3/q+1. The molecule has 3 nitrogen and oxygen atoms in total. The van der Waals surface area contributed by atoms with Crippen molar-refractivity contribution in [2.75, 3.05) is 30.0 Å². The summed E-state index contributed by atoms with van der Waals surface area (Å²) in [6.07, 6.45) is 0. The molecular formula is C14H15N3Se+. The van der Waals surface area contributed by atoms with Gasteiger partial charge in [0.15, 0.2) is 0 Å². The molecule has 0 unspecified atom stereocenters. The topological polar surface area (TPSA) is 36.1 Å². The Morgan fingerprint density at radius 1 is 0.833 bits per heavy atom. The van der Waals surface area contributed by atoms with Crippen LogP contribution in [-0.4, -0.2) is 29.1 Å². The van der Waals surface area contributed by atoms with Crippen molar-refractivity contribution in [2.24, 2.45) is 0 Å². The third-order valence-corrected chi connectivity index (χ3v) is 5.37. The van der Waals surface area contributed by atoms with Crippen LogP contribution in [0.25, 0.3) is 0 Å². The molecule has 0 saturated carbocycles.